The monoisotopic (exact) mass is 524 g/mol. The fraction of sp³-hybridized carbons (Fsp3) is 0.167. The molecule has 0 aliphatic heterocycles. The molecule has 0 aliphatic carbocycles. The van der Waals surface area contributed by atoms with Crippen molar-refractivity contribution in [3.05, 3.63) is 74.6 Å². The molecule has 9 heteroatoms. The summed E-state index contributed by atoms with van der Waals surface area (Å²) in [7, 11) is 0. The normalized spacial score (nSPS) is 10.9. The van der Waals surface area contributed by atoms with Crippen molar-refractivity contribution in [2.45, 2.75) is 26.8 Å². The van der Waals surface area contributed by atoms with Crippen LogP contribution in [0.5, 0.6) is 0 Å². The number of halogens is 1. The predicted octanol–water partition coefficient (Wildman–Crippen LogP) is 5.05. The van der Waals surface area contributed by atoms with Crippen LogP contribution in [0.1, 0.15) is 18.7 Å². The lowest BCUT2D eigenvalue weighted by Crippen LogP contribution is -2.27. The average Bonchev–Trinajstić information content (AvgIpc) is 3.17. The predicted molar refractivity (Wildman–Crippen MR) is 136 cm³/mol. The third-order valence-corrected chi connectivity index (χ3v) is 6.78. The van der Waals surface area contributed by atoms with E-state index in [9.17, 15) is 14.4 Å². The third-order valence-electron chi connectivity index (χ3n) is 5.01. The van der Waals surface area contributed by atoms with E-state index in [0.717, 1.165) is 26.9 Å². The molecule has 2 aromatic heterocycles. The first-order valence-corrected chi connectivity index (χ1v) is 11.9. The maximum Gasteiger partial charge on any atom is 0.263 e. The summed E-state index contributed by atoms with van der Waals surface area (Å²) in [6.07, 6.45) is 2.20. The van der Waals surface area contributed by atoms with E-state index in [1.165, 1.54) is 29.2 Å². The Morgan fingerprint density at radius 2 is 1.67 bits per heavy atom. The molecule has 2 heterocycles. The molecule has 0 saturated carbocycles. The number of thiophene rings is 1. The Labute approximate surface area is 202 Å². The van der Waals surface area contributed by atoms with Crippen LogP contribution < -0.4 is 16.2 Å². The highest BCUT2D eigenvalue weighted by atomic mass is 79.9. The van der Waals surface area contributed by atoms with Crippen LogP contribution in [0, 0.1) is 0 Å². The first-order chi connectivity index (χ1) is 15.9. The van der Waals surface area contributed by atoms with E-state index in [-0.39, 0.29) is 23.9 Å². The van der Waals surface area contributed by atoms with E-state index < -0.39 is 0 Å². The molecule has 2 aromatic carbocycles. The van der Waals surface area contributed by atoms with E-state index in [2.05, 4.69) is 38.5 Å². The summed E-state index contributed by atoms with van der Waals surface area (Å²) >= 11 is 4.96. The van der Waals surface area contributed by atoms with Crippen molar-refractivity contribution in [1.29, 1.82) is 0 Å². The number of rotatable bonds is 6. The highest BCUT2D eigenvalue weighted by Crippen LogP contribution is 2.36. The number of carbonyl (C=O) groups is 2. The van der Waals surface area contributed by atoms with Crippen LogP contribution in [0.25, 0.3) is 21.3 Å². The fourth-order valence-corrected chi connectivity index (χ4v) is 4.91. The highest BCUT2D eigenvalue weighted by molar-refractivity contribution is 9.10. The molecule has 0 radical (unpaired) electrons. The van der Waals surface area contributed by atoms with Gasteiger partial charge in [-0.1, -0.05) is 35.0 Å². The van der Waals surface area contributed by atoms with E-state index in [0.29, 0.717) is 21.6 Å². The number of fused-ring (bicyclic) bond motifs is 1. The van der Waals surface area contributed by atoms with E-state index >= 15 is 0 Å². The molecule has 168 valence electrons. The zero-order valence-electron chi connectivity index (χ0n) is 18.0. The maximum absolute atomic E-state index is 13.4. The van der Waals surface area contributed by atoms with Gasteiger partial charge in [0.05, 0.1) is 11.7 Å². The Balaban J connectivity index is 1.62. The van der Waals surface area contributed by atoms with Gasteiger partial charge in [-0.25, -0.2) is 4.98 Å². The summed E-state index contributed by atoms with van der Waals surface area (Å²) in [4.78, 5) is 43.3. The summed E-state index contributed by atoms with van der Waals surface area (Å²) in [6, 6.07) is 14.6. The van der Waals surface area contributed by atoms with Gasteiger partial charge in [-0.2, -0.15) is 0 Å². The van der Waals surface area contributed by atoms with Gasteiger partial charge in [0.1, 0.15) is 11.4 Å². The van der Waals surface area contributed by atoms with Gasteiger partial charge in [0.25, 0.3) is 5.56 Å². The lowest BCUT2D eigenvalue weighted by molar-refractivity contribution is -0.117. The molecular weight excluding hydrogens is 504 g/mol. The topological polar surface area (TPSA) is 93.1 Å². The minimum Gasteiger partial charge on any atom is -0.326 e. The van der Waals surface area contributed by atoms with Crippen LogP contribution in [-0.4, -0.2) is 21.4 Å². The highest BCUT2D eigenvalue weighted by Gasteiger charge is 2.19. The van der Waals surface area contributed by atoms with Crippen LogP contribution in [0.15, 0.2) is 64.1 Å². The smallest absolute Gasteiger partial charge is 0.263 e. The first-order valence-electron chi connectivity index (χ1n) is 10.3. The second-order valence-electron chi connectivity index (χ2n) is 7.43. The molecule has 0 spiro atoms. The Kier molecular flexibility index (Phi) is 6.71. The number of nitrogens with one attached hydrogen (secondary N) is 2. The Morgan fingerprint density at radius 3 is 2.27 bits per heavy atom. The number of aromatic nitrogens is 2. The largest absolute Gasteiger partial charge is 0.326 e. The first kappa shape index (κ1) is 22.9. The Morgan fingerprint density at radius 1 is 1.03 bits per heavy atom. The molecule has 0 aliphatic rings. The molecule has 0 unspecified atom stereocenters. The summed E-state index contributed by atoms with van der Waals surface area (Å²) in [6.45, 7) is 3.32. The van der Waals surface area contributed by atoms with Gasteiger partial charge < -0.3 is 10.6 Å². The van der Waals surface area contributed by atoms with Gasteiger partial charge in [0.15, 0.2) is 0 Å². The quantitative estimate of drug-likeness (QED) is 0.369. The molecule has 0 atom stereocenters. The molecule has 2 amide bonds. The Bertz CT molecular complexity index is 1390. The molecule has 0 fully saturated rings. The summed E-state index contributed by atoms with van der Waals surface area (Å²) < 4.78 is 2.29. The second kappa shape index (κ2) is 9.68. The molecule has 2 N–H and O–H groups in total. The number of carbonyl (C=O) groups excluding carboxylic acids is 2. The lowest BCUT2D eigenvalue weighted by atomic mass is 10.0. The van der Waals surface area contributed by atoms with Gasteiger partial charge in [-0.3, -0.25) is 19.0 Å². The van der Waals surface area contributed by atoms with Gasteiger partial charge in [-0.15, -0.1) is 11.3 Å². The number of anilines is 2. The SMILES string of the molecule is CCc1sc2ncn(CC(=O)Nc3ccc(NC(C)=O)cc3)c(=O)c2c1-c1ccc(Br)cc1. The van der Waals surface area contributed by atoms with Crippen LogP contribution in [0.3, 0.4) is 0 Å². The zero-order valence-corrected chi connectivity index (χ0v) is 20.4. The van der Waals surface area contributed by atoms with Gasteiger partial charge >= 0.3 is 0 Å². The molecule has 7 nitrogen and oxygen atoms in total. The minimum absolute atomic E-state index is 0.160. The van der Waals surface area contributed by atoms with Crippen molar-refractivity contribution in [3.63, 3.8) is 0 Å². The van der Waals surface area contributed by atoms with Crippen LogP contribution in [0.2, 0.25) is 0 Å². The van der Waals surface area contributed by atoms with E-state index in [1.807, 2.05) is 24.3 Å². The van der Waals surface area contributed by atoms with Gasteiger partial charge in [-0.05, 0) is 48.4 Å². The molecular formula is C24H21BrN4O3S. The molecule has 4 rings (SSSR count). The molecule has 4 aromatic rings. The van der Waals surface area contributed by atoms with Crippen LogP contribution in [-0.2, 0) is 22.6 Å². The summed E-state index contributed by atoms with van der Waals surface area (Å²) in [5.74, 6) is -0.516. The maximum atomic E-state index is 13.4. The number of aryl methyl sites for hydroxylation is 1. The summed E-state index contributed by atoms with van der Waals surface area (Å²) in [5.41, 5.74) is 2.78. The summed E-state index contributed by atoms with van der Waals surface area (Å²) in [5, 5.41) is 5.98. The fourth-order valence-electron chi connectivity index (χ4n) is 3.55. The van der Waals surface area contributed by atoms with Gasteiger partial charge in [0.2, 0.25) is 11.8 Å². The van der Waals surface area contributed by atoms with Crippen molar-refractivity contribution in [2.75, 3.05) is 10.6 Å². The van der Waals surface area contributed by atoms with Crippen LogP contribution in [0.4, 0.5) is 11.4 Å². The van der Waals surface area contributed by atoms with Crippen molar-refractivity contribution >= 4 is 60.7 Å². The number of hydrogen-bond donors (Lipinski definition) is 2. The van der Waals surface area contributed by atoms with E-state index in [1.54, 1.807) is 24.3 Å². The number of nitrogens with zero attached hydrogens (tertiary/aromatic N) is 2. The number of benzene rings is 2. The number of amides is 2. The van der Waals surface area contributed by atoms with Crippen LogP contribution >= 0.6 is 27.3 Å². The lowest BCUT2D eigenvalue weighted by Gasteiger charge is -2.09. The van der Waals surface area contributed by atoms with Gasteiger partial charge in [0, 0.05) is 33.2 Å². The van der Waals surface area contributed by atoms with Crippen molar-refractivity contribution in [2.24, 2.45) is 0 Å². The standard InChI is InChI=1S/C24H21BrN4O3S/c1-3-19-21(15-4-6-16(25)7-5-15)22-23(33-19)26-13-29(24(22)32)12-20(31)28-18-10-8-17(9-11-18)27-14(2)30/h4-11,13H,3,12H2,1-2H3,(H,27,30)(H,28,31). The number of hydrogen-bond acceptors (Lipinski definition) is 5. The molecule has 0 bridgehead atoms. The zero-order chi connectivity index (χ0) is 23.5. The van der Waals surface area contributed by atoms with E-state index in [4.69, 9.17) is 0 Å². The Hall–Kier alpha value is -3.30. The molecule has 33 heavy (non-hydrogen) atoms. The third kappa shape index (κ3) is 5.04. The van der Waals surface area contributed by atoms with Crippen molar-refractivity contribution in [1.82, 2.24) is 9.55 Å². The van der Waals surface area contributed by atoms with Crippen molar-refractivity contribution in [3.8, 4) is 11.1 Å². The van der Waals surface area contributed by atoms with Crippen molar-refractivity contribution < 1.29 is 9.59 Å². The molecule has 0 saturated heterocycles. The average molecular weight is 525 g/mol. The minimum atomic E-state index is -0.346. The second-order valence-corrected chi connectivity index (χ2v) is 9.42.